The highest BCUT2D eigenvalue weighted by Crippen LogP contribution is 2.53. The van der Waals surface area contributed by atoms with E-state index in [-0.39, 0.29) is 29.5 Å². The van der Waals surface area contributed by atoms with Crippen LogP contribution in [0.15, 0.2) is 0 Å². The van der Waals surface area contributed by atoms with E-state index in [2.05, 4.69) is 0 Å². The van der Waals surface area contributed by atoms with Crippen molar-refractivity contribution in [2.75, 3.05) is 26.8 Å². The van der Waals surface area contributed by atoms with Crippen LogP contribution in [0.2, 0.25) is 0 Å². The highest BCUT2D eigenvalue weighted by Gasteiger charge is 2.59. The summed E-state index contributed by atoms with van der Waals surface area (Å²) in [6.45, 7) is 7.50. The number of amides is 1. The molecule has 0 aromatic carbocycles. The van der Waals surface area contributed by atoms with E-state index >= 15 is 0 Å². The first-order chi connectivity index (χ1) is 10.8. The van der Waals surface area contributed by atoms with Crippen LogP contribution in [0, 0.1) is 17.3 Å². The fourth-order valence-electron chi connectivity index (χ4n) is 4.28. The third kappa shape index (κ3) is 2.93. The first-order valence-corrected chi connectivity index (χ1v) is 8.43. The van der Waals surface area contributed by atoms with Crippen LogP contribution >= 0.6 is 0 Å². The number of nitrogens with zero attached hydrogens (tertiary/aromatic N) is 1. The van der Waals surface area contributed by atoms with Gasteiger partial charge >= 0.3 is 12.1 Å². The normalized spacial score (nSPS) is 36.3. The number of fused-ring (bicyclic) bond motifs is 1. The number of rotatable bonds is 1. The average Bonchev–Trinajstić information content (AvgIpc) is 2.85. The number of methoxy groups -OCH3 is 1. The molecule has 4 unspecified atom stereocenters. The van der Waals surface area contributed by atoms with Gasteiger partial charge in [-0.05, 0) is 40.0 Å². The molecule has 6 nitrogen and oxygen atoms in total. The standard InChI is InChI=1S/C17H27NO5/c1-16(2,3)23-15(20)18-8-7-17(10-18)6-5-11-9-22-13(11)12(17)14(19)21-4/h11-13H,5-10H2,1-4H3. The Balaban J connectivity index is 1.75. The van der Waals surface area contributed by atoms with E-state index in [1.54, 1.807) is 4.90 Å². The van der Waals surface area contributed by atoms with Crippen molar-refractivity contribution in [1.82, 2.24) is 4.90 Å². The van der Waals surface area contributed by atoms with E-state index in [0.29, 0.717) is 19.0 Å². The third-order valence-corrected chi connectivity index (χ3v) is 5.46. The summed E-state index contributed by atoms with van der Waals surface area (Å²) in [4.78, 5) is 26.5. The predicted molar refractivity (Wildman–Crippen MR) is 82.8 cm³/mol. The molecule has 130 valence electrons. The minimum atomic E-state index is -0.511. The van der Waals surface area contributed by atoms with E-state index in [4.69, 9.17) is 14.2 Å². The molecule has 4 atom stereocenters. The van der Waals surface area contributed by atoms with Crippen LogP contribution < -0.4 is 0 Å². The molecule has 0 aromatic heterocycles. The minimum Gasteiger partial charge on any atom is -0.469 e. The lowest BCUT2D eigenvalue weighted by atomic mass is 9.59. The van der Waals surface area contributed by atoms with Crippen LogP contribution in [0.5, 0.6) is 0 Å². The number of carbonyl (C=O) groups excluding carboxylic acids is 2. The summed E-state index contributed by atoms with van der Waals surface area (Å²) in [5.41, 5.74) is -0.741. The monoisotopic (exact) mass is 325 g/mol. The summed E-state index contributed by atoms with van der Waals surface area (Å²) in [6.07, 6.45) is 2.46. The molecule has 2 aliphatic heterocycles. The summed E-state index contributed by atoms with van der Waals surface area (Å²) >= 11 is 0. The molecule has 1 spiro atoms. The van der Waals surface area contributed by atoms with Gasteiger partial charge in [0.25, 0.3) is 0 Å². The second-order valence-electron chi connectivity index (χ2n) is 8.11. The molecule has 3 aliphatic rings. The van der Waals surface area contributed by atoms with Gasteiger partial charge < -0.3 is 19.1 Å². The Hall–Kier alpha value is -1.30. The summed E-state index contributed by atoms with van der Waals surface area (Å²) in [6, 6.07) is 0. The molecule has 23 heavy (non-hydrogen) atoms. The van der Waals surface area contributed by atoms with Gasteiger partial charge in [-0.1, -0.05) is 0 Å². The van der Waals surface area contributed by atoms with Gasteiger partial charge in [0.05, 0.1) is 25.7 Å². The molecule has 0 radical (unpaired) electrons. The van der Waals surface area contributed by atoms with Crippen LogP contribution in [0.25, 0.3) is 0 Å². The number of carbonyl (C=O) groups is 2. The van der Waals surface area contributed by atoms with E-state index in [0.717, 1.165) is 25.9 Å². The Labute approximate surface area is 137 Å². The number of ether oxygens (including phenoxy) is 3. The van der Waals surface area contributed by atoms with Gasteiger partial charge in [0.1, 0.15) is 5.60 Å². The van der Waals surface area contributed by atoms with Crippen molar-refractivity contribution >= 4 is 12.1 Å². The van der Waals surface area contributed by atoms with Gasteiger partial charge in [-0.25, -0.2) is 4.79 Å². The van der Waals surface area contributed by atoms with Crippen molar-refractivity contribution in [2.45, 2.75) is 51.7 Å². The lowest BCUT2D eigenvalue weighted by Crippen LogP contribution is -2.59. The fourth-order valence-corrected chi connectivity index (χ4v) is 4.28. The zero-order valence-electron chi connectivity index (χ0n) is 14.5. The van der Waals surface area contributed by atoms with Crippen LogP contribution in [-0.2, 0) is 19.0 Å². The summed E-state index contributed by atoms with van der Waals surface area (Å²) in [7, 11) is 1.43. The van der Waals surface area contributed by atoms with Gasteiger partial charge in [0.15, 0.2) is 0 Å². The summed E-state index contributed by atoms with van der Waals surface area (Å²) in [5.74, 6) is -0.0156. The number of hydrogen-bond acceptors (Lipinski definition) is 5. The molecule has 2 saturated heterocycles. The van der Waals surface area contributed by atoms with Crippen LogP contribution in [-0.4, -0.2) is 55.5 Å². The van der Waals surface area contributed by atoms with Crippen molar-refractivity contribution in [3.05, 3.63) is 0 Å². The molecule has 0 bridgehead atoms. The fraction of sp³-hybridized carbons (Fsp3) is 0.882. The first-order valence-electron chi connectivity index (χ1n) is 8.43. The summed E-state index contributed by atoms with van der Waals surface area (Å²) in [5, 5.41) is 0. The maximum absolute atomic E-state index is 12.4. The number of esters is 1. The Bertz CT molecular complexity index is 500. The second-order valence-corrected chi connectivity index (χ2v) is 8.11. The molecular formula is C17H27NO5. The largest absolute Gasteiger partial charge is 0.469 e. The van der Waals surface area contributed by atoms with E-state index in [1.165, 1.54) is 7.11 Å². The molecule has 6 heteroatoms. The Morgan fingerprint density at radius 2 is 2.00 bits per heavy atom. The maximum atomic E-state index is 12.4. The molecule has 3 rings (SSSR count). The highest BCUT2D eigenvalue weighted by molar-refractivity contribution is 5.75. The van der Waals surface area contributed by atoms with E-state index in [9.17, 15) is 9.59 Å². The van der Waals surface area contributed by atoms with E-state index in [1.807, 2.05) is 20.8 Å². The SMILES string of the molecule is COC(=O)C1C2OCC2CCC12CCN(C(=O)OC(C)(C)C)C2. The quantitative estimate of drug-likeness (QED) is 0.692. The van der Waals surface area contributed by atoms with Crippen molar-refractivity contribution in [1.29, 1.82) is 0 Å². The Morgan fingerprint density at radius 3 is 2.57 bits per heavy atom. The molecule has 2 heterocycles. The average molecular weight is 325 g/mol. The molecule has 1 saturated carbocycles. The predicted octanol–water partition coefficient (Wildman–Crippen LogP) is 2.21. The maximum Gasteiger partial charge on any atom is 0.410 e. The van der Waals surface area contributed by atoms with Crippen LogP contribution in [0.3, 0.4) is 0 Å². The minimum absolute atomic E-state index is 0.0465. The van der Waals surface area contributed by atoms with Gasteiger partial charge in [0.2, 0.25) is 0 Å². The van der Waals surface area contributed by atoms with Gasteiger partial charge in [-0.15, -0.1) is 0 Å². The molecular weight excluding hydrogens is 298 g/mol. The van der Waals surface area contributed by atoms with Crippen LogP contribution in [0.1, 0.15) is 40.0 Å². The van der Waals surface area contributed by atoms with Crippen molar-refractivity contribution in [3.63, 3.8) is 0 Å². The summed E-state index contributed by atoms with van der Waals surface area (Å²) < 4.78 is 16.2. The molecule has 0 aromatic rings. The number of hydrogen-bond donors (Lipinski definition) is 0. The van der Waals surface area contributed by atoms with Gasteiger partial charge in [0, 0.05) is 24.4 Å². The third-order valence-electron chi connectivity index (χ3n) is 5.46. The van der Waals surface area contributed by atoms with Gasteiger partial charge in [-0.2, -0.15) is 0 Å². The molecule has 0 N–H and O–H groups in total. The highest BCUT2D eigenvalue weighted by atomic mass is 16.6. The smallest absolute Gasteiger partial charge is 0.410 e. The zero-order chi connectivity index (χ0) is 16.8. The van der Waals surface area contributed by atoms with E-state index < -0.39 is 5.60 Å². The second kappa shape index (κ2) is 5.65. The molecule has 1 amide bonds. The lowest BCUT2D eigenvalue weighted by Gasteiger charge is -2.52. The number of likely N-dealkylation sites (tertiary alicyclic amines) is 1. The topological polar surface area (TPSA) is 65.1 Å². The van der Waals surface area contributed by atoms with Gasteiger partial charge in [-0.3, -0.25) is 4.79 Å². The van der Waals surface area contributed by atoms with Crippen molar-refractivity contribution < 1.29 is 23.8 Å². The lowest BCUT2D eigenvalue weighted by molar-refractivity contribution is -0.210. The molecule has 3 fully saturated rings. The Morgan fingerprint density at radius 1 is 1.26 bits per heavy atom. The first kappa shape index (κ1) is 16.6. The van der Waals surface area contributed by atoms with Crippen molar-refractivity contribution in [2.24, 2.45) is 17.3 Å². The van der Waals surface area contributed by atoms with Crippen LogP contribution in [0.4, 0.5) is 4.79 Å². The van der Waals surface area contributed by atoms with Crippen molar-refractivity contribution in [3.8, 4) is 0 Å². The molecule has 1 aliphatic carbocycles. The zero-order valence-corrected chi connectivity index (χ0v) is 14.5. The Kier molecular flexibility index (Phi) is 4.07.